The van der Waals surface area contributed by atoms with Gasteiger partial charge in [-0.25, -0.2) is 9.78 Å². The predicted molar refractivity (Wildman–Crippen MR) is 108 cm³/mol. The van der Waals surface area contributed by atoms with Crippen molar-refractivity contribution in [3.63, 3.8) is 0 Å². The van der Waals surface area contributed by atoms with Gasteiger partial charge in [-0.1, -0.05) is 69.1 Å². The lowest BCUT2D eigenvalue weighted by molar-refractivity contribution is -0.119. The summed E-state index contributed by atoms with van der Waals surface area (Å²) >= 11 is 11.7. The summed E-state index contributed by atoms with van der Waals surface area (Å²) in [6.07, 6.45) is 0. The van der Waals surface area contributed by atoms with E-state index in [9.17, 15) is 9.59 Å². The second kappa shape index (κ2) is 9.20. The Hall–Kier alpha value is -2.11. The Morgan fingerprint density at radius 3 is 2.19 bits per heavy atom. The molecule has 1 amide bonds. The molecule has 0 atom stereocenters. The van der Waals surface area contributed by atoms with Crippen LogP contribution in [0.25, 0.3) is 0 Å². The summed E-state index contributed by atoms with van der Waals surface area (Å²) < 4.78 is 5.04. The van der Waals surface area contributed by atoms with Gasteiger partial charge in [0.2, 0.25) is 0 Å². The third-order valence-corrected chi connectivity index (χ3v) is 4.49. The summed E-state index contributed by atoms with van der Waals surface area (Å²) in [5.41, 5.74) is 2.70. The number of carbonyl (C=O) groups excluding carboxylic acids is 2. The summed E-state index contributed by atoms with van der Waals surface area (Å²) in [6, 6.07) is 8.85. The zero-order valence-corrected chi connectivity index (χ0v) is 17.2. The first-order valence-electron chi connectivity index (χ1n) is 8.62. The zero-order chi connectivity index (χ0) is 20.1. The molecule has 0 radical (unpaired) electrons. The quantitative estimate of drug-likeness (QED) is 0.510. The number of benzene rings is 1. The maximum atomic E-state index is 12.4. The van der Waals surface area contributed by atoms with Crippen LogP contribution >= 0.6 is 23.2 Å². The molecule has 0 bridgehead atoms. The number of halogens is 2. The number of hydrogen-bond acceptors (Lipinski definition) is 4. The number of nitrogens with zero attached hydrogens (tertiary/aromatic N) is 1. The first-order valence-corrected chi connectivity index (χ1v) is 9.38. The molecular formula is C20H22Cl2N2O3. The number of ether oxygens (including phenoxy) is 1. The van der Waals surface area contributed by atoms with Crippen LogP contribution in [0.4, 0.5) is 5.69 Å². The largest absolute Gasteiger partial charge is 0.451 e. The van der Waals surface area contributed by atoms with Gasteiger partial charge in [0, 0.05) is 5.69 Å². The van der Waals surface area contributed by atoms with Gasteiger partial charge in [0.05, 0.1) is 5.02 Å². The molecule has 0 fully saturated rings. The van der Waals surface area contributed by atoms with Crippen LogP contribution in [-0.4, -0.2) is 23.5 Å². The van der Waals surface area contributed by atoms with Crippen LogP contribution in [0.2, 0.25) is 10.2 Å². The molecule has 7 heteroatoms. The fourth-order valence-corrected chi connectivity index (χ4v) is 2.96. The highest BCUT2D eigenvalue weighted by atomic mass is 35.5. The molecule has 2 aromatic rings. The molecule has 0 saturated heterocycles. The average Bonchev–Trinajstić information content (AvgIpc) is 2.61. The van der Waals surface area contributed by atoms with Crippen LogP contribution in [0.15, 0.2) is 30.3 Å². The number of nitrogens with one attached hydrogen (secondary N) is 1. The van der Waals surface area contributed by atoms with E-state index in [0.717, 1.165) is 16.8 Å². The molecule has 0 unspecified atom stereocenters. The van der Waals surface area contributed by atoms with Gasteiger partial charge in [-0.3, -0.25) is 4.79 Å². The van der Waals surface area contributed by atoms with E-state index in [2.05, 4.69) is 38.0 Å². The van der Waals surface area contributed by atoms with Crippen molar-refractivity contribution in [3.05, 3.63) is 57.3 Å². The Kier molecular flexibility index (Phi) is 7.22. The summed E-state index contributed by atoms with van der Waals surface area (Å²) in [5.74, 6) is -0.776. The van der Waals surface area contributed by atoms with Gasteiger partial charge in [0.15, 0.2) is 12.3 Å². The summed E-state index contributed by atoms with van der Waals surface area (Å²) in [5, 5.41) is 3.10. The van der Waals surface area contributed by atoms with E-state index < -0.39 is 18.5 Å². The molecule has 0 aliphatic rings. The van der Waals surface area contributed by atoms with E-state index in [1.165, 1.54) is 12.1 Å². The lowest BCUT2D eigenvalue weighted by Gasteiger charge is -2.20. The third-order valence-electron chi connectivity index (χ3n) is 3.98. The van der Waals surface area contributed by atoms with Crippen molar-refractivity contribution in [1.82, 2.24) is 4.98 Å². The monoisotopic (exact) mass is 408 g/mol. The van der Waals surface area contributed by atoms with Gasteiger partial charge in [-0.15, -0.1) is 0 Å². The SMILES string of the molecule is CC(C)c1cccc(C(C)C)c1NC(=O)COC(=O)c1nc(Cl)ccc1Cl. The molecule has 1 N–H and O–H groups in total. The maximum absolute atomic E-state index is 12.4. The summed E-state index contributed by atoms with van der Waals surface area (Å²) in [7, 11) is 0. The molecule has 0 aliphatic carbocycles. The molecular weight excluding hydrogens is 387 g/mol. The Morgan fingerprint density at radius 1 is 1.04 bits per heavy atom. The van der Waals surface area contributed by atoms with Gasteiger partial charge < -0.3 is 10.1 Å². The standard InChI is InChI=1S/C20H22Cl2N2O3/c1-11(2)13-6-5-7-14(12(3)4)18(13)24-17(25)10-27-20(26)19-15(21)8-9-16(22)23-19/h5-9,11-12H,10H2,1-4H3,(H,24,25). The highest BCUT2D eigenvalue weighted by Gasteiger charge is 2.19. The van der Waals surface area contributed by atoms with Crippen molar-refractivity contribution >= 4 is 40.8 Å². The van der Waals surface area contributed by atoms with Gasteiger partial charge in [-0.05, 0) is 35.1 Å². The predicted octanol–water partition coefficient (Wildman–Crippen LogP) is 5.43. The summed E-state index contributed by atoms with van der Waals surface area (Å²) in [4.78, 5) is 28.3. The minimum atomic E-state index is -0.807. The molecule has 0 spiro atoms. The van der Waals surface area contributed by atoms with Gasteiger partial charge in [-0.2, -0.15) is 0 Å². The maximum Gasteiger partial charge on any atom is 0.359 e. The molecule has 0 aliphatic heterocycles. The minimum absolute atomic E-state index is 0.108. The molecule has 1 heterocycles. The molecule has 5 nitrogen and oxygen atoms in total. The lowest BCUT2D eigenvalue weighted by Crippen LogP contribution is -2.23. The average molecular weight is 409 g/mol. The molecule has 27 heavy (non-hydrogen) atoms. The van der Waals surface area contributed by atoms with Crippen LogP contribution in [0.5, 0.6) is 0 Å². The minimum Gasteiger partial charge on any atom is -0.451 e. The Labute approximate surface area is 169 Å². The first kappa shape index (κ1) is 21.2. The van der Waals surface area contributed by atoms with Crippen molar-refractivity contribution in [1.29, 1.82) is 0 Å². The van der Waals surface area contributed by atoms with Gasteiger partial charge in [0.25, 0.3) is 5.91 Å². The topological polar surface area (TPSA) is 68.3 Å². The van der Waals surface area contributed by atoms with Crippen LogP contribution < -0.4 is 5.32 Å². The number of para-hydroxylation sites is 1. The zero-order valence-electron chi connectivity index (χ0n) is 15.7. The molecule has 2 rings (SSSR count). The smallest absolute Gasteiger partial charge is 0.359 e. The number of pyridine rings is 1. The number of hydrogen-bond donors (Lipinski definition) is 1. The molecule has 0 saturated carbocycles. The van der Waals surface area contributed by atoms with E-state index in [0.29, 0.717) is 0 Å². The fourth-order valence-electron chi connectivity index (χ4n) is 2.63. The lowest BCUT2D eigenvalue weighted by atomic mass is 9.92. The van der Waals surface area contributed by atoms with Crippen molar-refractivity contribution in [2.75, 3.05) is 11.9 Å². The van der Waals surface area contributed by atoms with Gasteiger partial charge in [0.1, 0.15) is 5.15 Å². The molecule has 144 valence electrons. The van der Waals surface area contributed by atoms with Crippen molar-refractivity contribution < 1.29 is 14.3 Å². The number of anilines is 1. The highest BCUT2D eigenvalue weighted by Crippen LogP contribution is 2.32. The fraction of sp³-hybridized carbons (Fsp3) is 0.350. The normalized spacial score (nSPS) is 11.0. The van der Waals surface area contributed by atoms with Crippen molar-refractivity contribution in [2.24, 2.45) is 0 Å². The number of rotatable bonds is 6. The van der Waals surface area contributed by atoms with Crippen LogP contribution in [0.3, 0.4) is 0 Å². The second-order valence-corrected chi connectivity index (χ2v) is 7.50. The van der Waals surface area contributed by atoms with Crippen molar-refractivity contribution in [2.45, 2.75) is 39.5 Å². The van der Waals surface area contributed by atoms with E-state index in [-0.39, 0.29) is 27.7 Å². The van der Waals surface area contributed by atoms with Crippen LogP contribution in [-0.2, 0) is 9.53 Å². The van der Waals surface area contributed by atoms with Crippen molar-refractivity contribution in [3.8, 4) is 0 Å². The first-order chi connectivity index (χ1) is 12.7. The van der Waals surface area contributed by atoms with Crippen LogP contribution in [0, 0.1) is 0 Å². The number of carbonyl (C=O) groups is 2. The molecule has 1 aromatic carbocycles. The number of esters is 1. The number of aromatic nitrogens is 1. The van der Waals surface area contributed by atoms with E-state index in [1.54, 1.807) is 0 Å². The number of amides is 1. The van der Waals surface area contributed by atoms with Gasteiger partial charge >= 0.3 is 5.97 Å². The van der Waals surface area contributed by atoms with E-state index in [4.69, 9.17) is 27.9 Å². The second-order valence-electron chi connectivity index (χ2n) is 6.71. The van der Waals surface area contributed by atoms with Crippen LogP contribution in [0.1, 0.15) is 61.1 Å². The Balaban J connectivity index is 2.12. The third kappa shape index (κ3) is 5.44. The Morgan fingerprint density at radius 2 is 1.63 bits per heavy atom. The highest BCUT2D eigenvalue weighted by molar-refractivity contribution is 6.34. The Bertz CT molecular complexity index is 825. The van der Waals surface area contributed by atoms with E-state index in [1.807, 2.05) is 18.2 Å². The summed E-state index contributed by atoms with van der Waals surface area (Å²) in [6.45, 7) is 7.78. The van der Waals surface area contributed by atoms with E-state index >= 15 is 0 Å². The molecule has 1 aromatic heterocycles.